The van der Waals surface area contributed by atoms with Gasteiger partial charge in [0.25, 0.3) is 0 Å². The Hall–Kier alpha value is -2.11. The Morgan fingerprint density at radius 2 is 1.84 bits per heavy atom. The van der Waals surface area contributed by atoms with Crippen LogP contribution in [-0.4, -0.2) is 24.8 Å². The molecule has 0 unspecified atom stereocenters. The van der Waals surface area contributed by atoms with Crippen LogP contribution in [0, 0.1) is 0 Å². The number of carbonyl (C=O) groups is 1. The molecule has 0 heterocycles. The summed E-state index contributed by atoms with van der Waals surface area (Å²) in [6.45, 7) is 6.33. The van der Waals surface area contributed by atoms with Crippen molar-refractivity contribution in [3.8, 4) is 0 Å². The van der Waals surface area contributed by atoms with Crippen molar-refractivity contribution in [2.45, 2.75) is 26.3 Å². The van der Waals surface area contributed by atoms with Gasteiger partial charge >= 0.3 is 6.09 Å². The van der Waals surface area contributed by atoms with Gasteiger partial charge in [-0.05, 0) is 32.9 Å². The van der Waals surface area contributed by atoms with Gasteiger partial charge in [-0.3, -0.25) is 0 Å². The highest BCUT2D eigenvalue weighted by Gasteiger charge is 2.14. The molecule has 0 aliphatic rings. The number of nitrogen functional groups attached to an aromatic ring is 2. The van der Waals surface area contributed by atoms with Crippen molar-refractivity contribution in [2.24, 2.45) is 0 Å². The van der Waals surface area contributed by atoms with Gasteiger partial charge < -0.3 is 26.8 Å². The summed E-state index contributed by atoms with van der Waals surface area (Å²) in [5.41, 5.74) is 13.1. The lowest BCUT2D eigenvalue weighted by atomic mass is 10.1. The minimum atomic E-state index is -0.441. The van der Waals surface area contributed by atoms with Crippen LogP contribution >= 0.6 is 0 Å². The van der Waals surface area contributed by atoms with Crippen LogP contribution in [0.4, 0.5) is 21.9 Å². The molecule has 6 N–H and O–H groups in total. The molecule has 0 aromatic heterocycles. The molecule has 6 nitrogen and oxygen atoms in total. The molecule has 0 atom stereocenters. The van der Waals surface area contributed by atoms with Gasteiger partial charge in [-0.25, -0.2) is 4.79 Å². The third-order valence-electron chi connectivity index (χ3n) is 2.24. The van der Waals surface area contributed by atoms with Crippen molar-refractivity contribution in [2.75, 3.05) is 29.9 Å². The molecule has 0 fully saturated rings. The van der Waals surface area contributed by atoms with Crippen LogP contribution < -0.4 is 22.1 Å². The number of amides is 1. The first-order valence-corrected chi connectivity index (χ1v) is 6.12. The number of para-hydroxylation sites is 1. The van der Waals surface area contributed by atoms with Crippen LogP contribution in [0.5, 0.6) is 0 Å². The number of ether oxygens (including phenoxy) is 1. The van der Waals surface area contributed by atoms with E-state index in [2.05, 4.69) is 10.6 Å². The SMILES string of the molecule is CC(C)(C)NC(=O)OCCNc1c(N)cccc1N. The fourth-order valence-corrected chi connectivity index (χ4v) is 1.45. The monoisotopic (exact) mass is 266 g/mol. The summed E-state index contributed by atoms with van der Waals surface area (Å²) >= 11 is 0. The highest BCUT2D eigenvalue weighted by molar-refractivity contribution is 5.79. The maximum Gasteiger partial charge on any atom is 0.407 e. The fourth-order valence-electron chi connectivity index (χ4n) is 1.45. The number of nitrogens with one attached hydrogen (secondary N) is 2. The van der Waals surface area contributed by atoms with Crippen molar-refractivity contribution < 1.29 is 9.53 Å². The van der Waals surface area contributed by atoms with Gasteiger partial charge in [-0.1, -0.05) is 6.07 Å². The molecule has 0 saturated carbocycles. The second kappa shape index (κ2) is 6.17. The quantitative estimate of drug-likeness (QED) is 0.491. The minimum absolute atomic E-state index is 0.232. The highest BCUT2D eigenvalue weighted by Crippen LogP contribution is 2.24. The molecule has 0 saturated heterocycles. The Morgan fingerprint density at radius 1 is 1.26 bits per heavy atom. The zero-order valence-electron chi connectivity index (χ0n) is 11.6. The summed E-state index contributed by atoms with van der Waals surface area (Å²) in [6.07, 6.45) is -0.441. The van der Waals surface area contributed by atoms with E-state index in [0.717, 1.165) is 0 Å². The van der Waals surface area contributed by atoms with Crippen molar-refractivity contribution in [3.63, 3.8) is 0 Å². The molecular weight excluding hydrogens is 244 g/mol. The van der Waals surface area contributed by atoms with Crippen LogP contribution in [0.15, 0.2) is 18.2 Å². The number of anilines is 3. The van der Waals surface area contributed by atoms with Crippen LogP contribution in [0.1, 0.15) is 20.8 Å². The van der Waals surface area contributed by atoms with E-state index in [1.54, 1.807) is 18.2 Å². The normalized spacial score (nSPS) is 10.9. The molecule has 19 heavy (non-hydrogen) atoms. The van der Waals surface area contributed by atoms with Crippen LogP contribution in [0.2, 0.25) is 0 Å². The Labute approximate surface area is 113 Å². The fraction of sp³-hybridized carbons (Fsp3) is 0.462. The van der Waals surface area contributed by atoms with E-state index < -0.39 is 6.09 Å². The molecule has 0 radical (unpaired) electrons. The maximum atomic E-state index is 11.4. The maximum absolute atomic E-state index is 11.4. The van der Waals surface area contributed by atoms with Crippen LogP contribution in [0.25, 0.3) is 0 Å². The van der Waals surface area contributed by atoms with E-state index in [4.69, 9.17) is 16.2 Å². The summed E-state index contributed by atoms with van der Waals surface area (Å²) in [5.74, 6) is 0. The average molecular weight is 266 g/mol. The molecule has 106 valence electrons. The number of nitrogens with two attached hydrogens (primary N) is 2. The predicted octanol–water partition coefficient (Wildman–Crippen LogP) is 1.79. The molecule has 1 amide bonds. The standard InChI is InChI=1S/C13H22N4O2/c1-13(2,3)17-12(18)19-8-7-16-11-9(14)5-4-6-10(11)15/h4-6,16H,7-8,14-15H2,1-3H3,(H,17,18). The molecule has 0 aliphatic carbocycles. The van der Waals surface area contributed by atoms with Gasteiger partial charge in [-0.15, -0.1) is 0 Å². The van der Waals surface area contributed by atoms with E-state index in [1.807, 2.05) is 20.8 Å². The van der Waals surface area contributed by atoms with E-state index in [9.17, 15) is 4.79 Å². The van der Waals surface area contributed by atoms with Crippen molar-refractivity contribution >= 4 is 23.2 Å². The third kappa shape index (κ3) is 5.37. The second-order valence-corrected chi connectivity index (χ2v) is 5.25. The number of benzene rings is 1. The van der Waals surface area contributed by atoms with Crippen molar-refractivity contribution in [3.05, 3.63) is 18.2 Å². The lowest BCUT2D eigenvalue weighted by molar-refractivity contribution is 0.142. The molecule has 1 aromatic carbocycles. The number of hydrogen-bond acceptors (Lipinski definition) is 5. The number of rotatable bonds is 4. The molecule has 1 aromatic rings. The van der Waals surface area contributed by atoms with E-state index in [-0.39, 0.29) is 12.1 Å². The molecule has 1 rings (SSSR count). The Morgan fingerprint density at radius 3 is 2.37 bits per heavy atom. The first-order valence-electron chi connectivity index (χ1n) is 6.12. The number of carbonyl (C=O) groups excluding carboxylic acids is 1. The highest BCUT2D eigenvalue weighted by atomic mass is 16.5. The lowest BCUT2D eigenvalue weighted by Crippen LogP contribution is -2.41. The van der Waals surface area contributed by atoms with E-state index >= 15 is 0 Å². The molecular formula is C13H22N4O2. The van der Waals surface area contributed by atoms with Crippen LogP contribution in [-0.2, 0) is 4.74 Å². The summed E-state index contributed by atoms with van der Waals surface area (Å²) in [5, 5.41) is 5.75. The van der Waals surface area contributed by atoms with Crippen LogP contribution in [0.3, 0.4) is 0 Å². The minimum Gasteiger partial charge on any atom is -0.448 e. The van der Waals surface area contributed by atoms with Crippen molar-refractivity contribution in [1.82, 2.24) is 5.32 Å². The first-order chi connectivity index (χ1) is 8.79. The largest absolute Gasteiger partial charge is 0.448 e. The number of alkyl carbamates (subject to hydrolysis) is 1. The molecule has 0 spiro atoms. The van der Waals surface area contributed by atoms with Gasteiger partial charge in [-0.2, -0.15) is 0 Å². The molecule has 6 heteroatoms. The van der Waals surface area contributed by atoms with E-state index in [1.165, 1.54) is 0 Å². The second-order valence-electron chi connectivity index (χ2n) is 5.25. The van der Waals surface area contributed by atoms with Gasteiger partial charge in [0.05, 0.1) is 17.1 Å². The van der Waals surface area contributed by atoms with Gasteiger partial charge in [0.2, 0.25) is 0 Å². The smallest absolute Gasteiger partial charge is 0.407 e. The summed E-state index contributed by atoms with van der Waals surface area (Å²) in [4.78, 5) is 11.4. The number of hydrogen-bond donors (Lipinski definition) is 4. The van der Waals surface area contributed by atoms with E-state index in [0.29, 0.717) is 23.6 Å². The summed E-state index contributed by atoms with van der Waals surface area (Å²) in [7, 11) is 0. The van der Waals surface area contributed by atoms with Gasteiger partial charge in [0.15, 0.2) is 0 Å². The Bertz CT molecular complexity index is 421. The zero-order valence-corrected chi connectivity index (χ0v) is 11.6. The topological polar surface area (TPSA) is 102 Å². The first kappa shape index (κ1) is 14.9. The molecule has 0 aliphatic heterocycles. The zero-order chi connectivity index (χ0) is 14.5. The third-order valence-corrected chi connectivity index (χ3v) is 2.24. The Kier molecular flexibility index (Phi) is 4.86. The predicted molar refractivity (Wildman–Crippen MR) is 78.0 cm³/mol. The van der Waals surface area contributed by atoms with Gasteiger partial charge in [0.1, 0.15) is 6.61 Å². The van der Waals surface area contributed by atoms with Crippen molar-refractivity contribution in [1.29, 1.82) is 0 Å². The molecule has 0 bridgehead atoms. The lowest BCUT2D eigenvalue weighted by Gasteiger charge is -2.20. The average Bonchev–Trinajstić information content (AvgIpc) is 2.25. The summed E-state index contributed by atoms with van der Waals surface area (Å²) in [6, 6.07) is 5.29. The Balaban J connectivity index is 2.34. The van der Waals surface area contributed by atoms with Gasteiger partial charge in [0, 0.05) is 12.1 Å². The summed E-state index contributed by atoms with van der Waals surface area (Å²) < 4.78 is 5.03.